The molecule has 2 N–H and O–H groups in total. The molecule has 1 fully saturated rings. The van der Waals surface area contributed by atoms with Crippen molar-refractivity contribution in [2.75, 3.05) is 26.3 Å². The minimum absolute atomic E-state index is 0.204. The van der Waals surface area contributed by atoms with Crippen LogP contribution in [0.2, 0.25) is 0 Å². The number of piperidine rings is 1. The van der Waals surface area contributed by atoms with Crippen molar-refractivity contribution in [2.24, 2.45) is 11.7 Å². The van der Waals surface area contributed by atoms with Crippen molar-refractivity contribution in [2.45, 2.75) is 39.2 Å². The van der Waals surface area contributed by atoms with E-state index in [1.165, 1.54) is 0 Å². The standard InChI is InChI=1S/C12H24N2O2/c1-3-7-16-8-5-12(15)14-6-4-11(13)10(2)9-14/h10-11H,3-9,13H2,1-2H3. The Morgan fingerprint density at radius 3 is 2.88 bits per heavy atom. The summed E-state index contributed by atoms with van der Waals surface area (Å²) in [4.78, 5) is 13.7. The maximum absolute atomic E-state index is 11.8. The number of likely N-dealkylation sites (tertiary alicyclic amines) is 1. The number of hydrogen-bond acceptors (Lipinski definition) is 3. The first-order valence-corrected chi connectivity index (χ1v) is 6.26. The predicted octanol–water partition coefficient (Wildman–Crippen LogP) is 0.999. The van der Waals surface area contributed by atoms with Gasteiger partial charge in [0.25, 0.3) is 0 Å². The second-order valence-corrected chi connectivity index (χ2v) is 4.63. The average Bonchev–Trinajstić information content (AvgIpc) is 2.28. The molecule has 0 aromatic heterocycles. The van der Waals surface area contributed by atoms with Crippen LogP contribution >= 0.6 is 0 Å². The Morgan fingerprint density at radius 2 is 2.25 bits per heavy atom. The van der Waals surface area contributed by atoms with Crippen molar-refractivity contribution < 1.29 is 9.53 Å². The summed E-state index contributed by atoms with van der Waals surface area (Å²) in [5, 5.41) is 0. The highest BCUT2D eigenvalue weighted by molar-refractivity contribution is 5.76. The van der Waals surface area contributed by atoms with Crippen LogP contribution in [0, 0.1) is 5.92 Å². The van der Waals surface area contributed by atoms with Gasteiger partial charge >= 0.3 is 0 Å². The van der Waals surface area contributed by atoms with E-state index >= 15 is 0 Å². The Kier molecular flexibility index (Phi) is 5.77. The fraction of sp³-hybridized carbons (Fsp3) is 0.917. The molecule has 1 aliphatic rings. The van der Waals surface area contributed by atoms with Gasteiger partial charge in [-0.15, -0.1) is 0 Å². The van der Waals surface area contributed by atoms with Gasteiger partial charge in [0.1, 0.15) is 0 Å². The number of nitrogens with two attached hydrogens (primary N) is 1. The smallest absolute Gasteiger partial charge is 0.224 e. The molecule has 1 aliphatic heterocycles. The van der Waals surface area contributed by atoms with Crippen LogP contribution in [0.15, 0.2) is 0 Å². The highest BCUT2D eigenvalue weighted by Crippen LogP contribution is 2.15. The van der Waals surface area contributed by atoms with E-state index in [1.807, 2.05) is 4.90 Å². The topological polar surface area (TPSA) is 55.6 Å². The van der Waals surface area contributed by atoms with Gasteiger partial charge in [-0.1, -0.05) is 13.8 Å². The van der Waals surface area contributed by atoms with E-state index < -0.39 is 0 Å². The molecule has 0 aromatic carbocycles. The number of nitrogens with zero attached hydrogens (tertiary/aromatic N) is 1. The highest BCUT2D eigenvalue weighted by Gasteiger charge is 2.25. The molecule has 4 nitrogen and oxygen atoms in total. The van der Waals surface area contributed by atoms with Crippen molar-refractivity contribution >= 4 is 5.91 Å². The Morgan fingerprint density at radius 1 is 1.50 bits per heavy atom. The van der Waals surface area contributed by atoms with E-state index in [2.05, 4.69) is 13.8 Å². The van der Waals surface area contributed by atoms with Gasteiger partial charge in [0.05, 0.1) is 13.0 Å². The van der Waals surface area contributed by atoms with Gasteiger partial charge in [-0.3, -0.25) is 4.79 Å². The number of carbonyl (C=O) groups excluding carboxylic acids is 1. The molecule has 0 spiro atoms. The van der Waals surface area contributed by atoms with Gasteiger partial charge in [0.2, 0.25) is 5.91 Å². The van der Waals surface area contributed by atoms with Crippen molar-refractivity contribution in [3.63, 3.8) is 0 Å². The summed E-state index contributed by atoms with van der Waals surface area (Å²) in [5.74, 6) is 0.615. The maximum atomic E-state index is 11.8. The van der Waals surface area contributed by atoms with Crippen molar-refractivity contribution in [1.29, 1.82) is 0 Å². The molecule has 1 heterocycles. The van der Waals surface area contributed by atoms with Gasteiger partial charge in [-0.25, -0.2) is 0 Å². The highest BCUT2D eigenvalue weighted by atomic mass is 16.5. The summed E-state index contributed by atoms with van der Waals surface area (Å²) in [5.41, 5.74) is 5.92. The molecule has 1 amide bonds. The Labute approximate surface area is 98.1 Å². The first-order valence-electron chi connectivity index (χ1n) is 6.26. The summed E-state index contributed by atoms with van der Waals surface area (Å²) in [6, 6.07) is 0.250. The van der Waals surface area contributed by atoms with Crippen LogP contribution in [0.4, 0.5) is 0 Å². The van der Waals surface area contributed by atoms with E-state index in [4.69, 9.17) is 10.5 Å². The van der Waals surface area contributed by atoms with Crippen molar-refractivity contribution in [3.8, 4) is 0 Å². The lowest BCUT2D eigenvalue weighted by Crippen LogP contribution is -2.48. The Bertz CT molecular complexity index is 221. The average molecular weight is 228 g/mol. The molecule has 2 unspecified atom stereocenters. The SMILES string of the molecule is CCCOCCC(=O)N1CCC(N)C(C)C1. The molecule has 0 radical (unpaired) electrons. The summed E-state index contributed by atoms with van der Waals surface area (Å²) >= 11 is 0. The lowest BCUT2D eigenvalue weighted by atomic mass is 9.95. The minimum Gasteiger partial charge on any atom is -0.381 e. The van der Waals surface area contributed by atoms with Crippen LogP contribution in [0.25, 0.3) is 0 Å². The Balaban J connectivity index is 2.21. The molecule has 0 bridgehead atoms. The number of rotatable bonds is 5. The van der Waals surface area contributed by atoms with E-state index in [0.717, 1.165) is 32.5 Å². The van der Waals surface area contributed by atoms with Crippen molar-refractivity contribution in [3.05, 3.63) is 0 Å². The summed E-state index contributed by atoms with van der Waals surface area (Å²) in [7, 11) is 0. The molecule has 1 saturated heterocycles. The lowest BCUT2D eigenvalue weighted by Gasteiger charge is -2.35. The fourth-order valence-corrected chi connectivity index (χ4v) is 1.95. The summed E-state index contributed by atoms with van der Waals surface area (Å²) in [6.07, 6.45) is 2.43. The van der Waals surface area contributed by atoms with Gasteiger partial charge < -0.3 is 15.4 Å². The summed E-state index contributed by atoms with van der Waals surface area (Å²) in [6.45, 7) is 7.07. The molecular formula is C12H24N2O2. The van der Waals surface area contributed by atoms with Gasteiger partial charge in [-0.2, -0.15) is 0 Å². The zero-order valence-electron chi connectivity index (χ0n) is 10.4. The Hall–Kier alpha value is -0.610. The first kappa shape index (κ1) is 13.5. The fourth-order valence-electron chi connectivity index (χ4n) is 1.95. The van der Waals surface area contributed by atoms with Gasteiger partial charge in [0.15, 0.2) is 0 Å². The zero-order valence-corrected chi connectivity index (χ0v) is 10.4. The normalized spacial score (nSPS) is 25.8. The molecule has 0 aromatic rings. The van der Waals surface area contributed by atoms with Crippen LogP contribution in [0.5, 0.6) is 0 Å². The summed E-state index contributed by atoms with van der Waals surface area (Å²) < 4.78 is 5.32. The second-order valence-electron chi connectivity index (χ2n) is 4.63. The first-order chi connectivity index (χ1) is 7.65. The van der Waals surface area contributed by atoms with Gasteiger partial charge in [0, 0.05) is 25.7 Å². The van der Waals surface area contributed by atoms with E-state index in [9.17, 15) is 4.79 Å². The van der Waals surface area contributed by atoms with Crippen LogP contribution in [0.3, 0.4) is 0 Å². The van der Waals surface area contributed by atoms with Crippen LogP contribution < -0.4 is 5.73 Å². The molecule has 94 valence electrons. The molecule has 16 heavy (non-hydrogen) atoms. The van der Waals surface area contributed by atoms with Crippen molar-refractivity contribution in [1.82, 2.24) is 4.90 Å². The zero-order chi connectivity index (χ0) is 12.0. The molecule has 4 heteroatoms. The van der Waals surface area contributed by atoms with Crippen LogP contribution in [0.1, 0.15) is 33.1 Å². The predicted molar refractivity (Wildman–Crippen MR) is 64.1 cm³/mol. The van der Waals surface area contributed by atoms with Crippen LogP contribution in [-0.4, -0.2) is 43.2 Å². The van der Waals surface area contributed by atoms with Gasteiger partial charge in [-0.05, 0) is 18.8 Å². The van der Waals surface area contributed by atoms with E-state index in [1.54, 1.807) is 0 Å². The monoisotopic (exact) mass is 228 g/mol. The second kappa shape index (κ2) is 6.86. The lowest BCUT2D eigenvalue weighted by molar-refractivity contribution is -0.134. The molecule has 0 aliphatic carbocycles. The third-order valence-corrected chi connectivity index (χ3v) is 3.13. The minimum atomic E-state index is 0.204. The molecule has 0 saturated carbocycles. The third kappa shape index (κ3) is 4.10. The molecule has 1 rings (SSSR count). The molecular weight excluding hydrogens is 204 g/mol. The number of amides is 1. The molecule has 2 atom stereocenters. The van der Waals surface area contributed by atoms with E-state index in [-0.39, 0.29) is 11.9 Å². The van der Waals surface area contributed by atoms with Crippen LogP contribution in [-0.2, 0) is 9.53 Å². The number of ether oxygens (including phenoxy) is 1. The van der Waals surface area contributed by atoms with E-state index in [0.29, 0.717) is 18.9 Å². The number of carbonyl (C=O) groups is 1. The number of hydrogen-bond donors (Lipinski definition) is 1. The maximum Gasteiger partial charge on any atom is 0.224 e. The third-order valence-electron chi connectivity index (χ3n) is 3.13. The largest absolute Gasteiger partial charge is 0.381 e. The quantitative estimate of drug-likeness (QED) is 0.714.